The van der Waals surface area contributed by atoms with E-state index in [4.69, 9.17) is 9.47 Å². The van der Waals surface area contributed by atoms with Gasteiger partial charge in [0.1, 0.15) is 6.61 Å². The number of rotatable bonds is 4. The van der Waals surface area contributed by atoms with Crippen LogP contribution in [0.5, 0.6) is 5.88 Å². The molecule has 0 saturated heterocycles. The maximum atomic E-state index is 5.41. The quantitative estimate of drug-likeness (QED) is 0.717. The summed E-state index contributed by atoms with van der Waals surface area (Å²) in [6.07, 6.45) is 1.87. The Labute approximate surface area is 83.2 Å². The molecule has 0 fully saturated rings. The maximum Gasteiger partial charge on any atom is 0.213 e. The van der Waals surface area contributed by atoms with Gasteiger partial charge in [-0.2, -0.15) is 0 Å². The summed E-state index contributed by atoms with van der Waals surface area (Å²) in [6.45, 7) is 2.98. The molecule has 0 aliphatic carbocycles. The summed E-state index contributed by atoms with van der Waals surface area (Å²) in [5.41, 5.74) is 2.55. The molecule has 2 rings (SSSR count). The van der Waals surface area contributed by atoms with E-state index in [0.717, 1.165) is 13.1 Å². The molecule has 0 saturated carbocycles. The molecule has 76 valence electrons. The highest BCUT2D eigenvalue weighted by molar-refractivity contribution is 5.31. The SMILES string of the molecule is COCCOc1cc2c(cn1)CNC2. The van der Waals surface area contributed by atoms with Crippen molar-refractivity contribution in [1.82, 2.24) is 10.3 Å². The van der Waals surface area contributed by atoms with Crippen molar-refractivity contribution in [3.63, 3.8) is 0 Å². The predicted octanol–water partition coefficient (Wildman–Crippen LogP) is 0.710. The van der Waals surface area contributed by atoms with Crippen LogP contribution in [-0.4, -0.2) is 25.3 Å². The van der Waals surface area contributed by atoms with Crippen LogP contribution in [-0.2, 0) is 17.8 Å². The Hall–Kier alpha value is -1.13. The van der Waals surface area contributed by atoms with Crippen LogP contribution in [0.15, 0.2) is 12.3 Å². The first-order chi connectivity index (χ1) is 6.90. The lowest BCUT2D eigenvalue weighted by Gasteiger charge is -2.05. The fourth-order valence-corrected chi connectivity index (χ4v) is 1.47. The minimum Gasteiger partial charge on any atom is -0.475 e. The van der Waals surface area contributed by atoms with Crippen LogP contribution >= 0.6 is 0 Å². The van der Waals surface area contributed by atoms with Crippen LogP contribution in [0, 0.1) is 0 Å². The van der Waals surface area contributed by atoms with Crippen molar-refractivity contribution in [1.29, 1.82) is 0 Å². The lowest BCUT2D eigenvalue weighted by atomic mass is 10.2. The van der Waals surface area contributed by atoms with Gasteiger partial charge in [-0.15, -0.1) is 0 Å². The first-order valence-electron chi connectivity index (χ1n) is 4.70. The summed E-state index contributed by atoms with van der Waals surface area (Å²) in [4.78, 5) is 4.20. The van der Waals surface area contributed by atoms with Crippen molar-refractivity contribution in [2.45, 2.75) is 13.1 Å². The van der Waals surface area contributed by atoms with Gasteiger partial charge in [-0.3, -0.25) is 0 Å². The normalized spacial score (nSPS) is 14.1. The molecule has 0 amide bonds. The van der Waals surface area contributed by atoms with Gasteiger partial charge in [0.05, 0.1) is 6.61 Å². The highest BCUT2D eigenvalue weighted by atomic mass is 16.5. The van der Waals surface area contributed by atoms with E-state index in [2.05, 4.69) is 10.3 Å². The fraction of sp³-hybridized carbons (Fsp3) is 0.500. The van der Waals surface area contributed by atoms with Crippen molar-refractivity contribution >= 4 is 0 Å². The first-order valence-corrected chi connectivity index (χ1v) is 4.70. The molecule has 0 atom stereocenters. The summed E-state index contributed by atoms with van der Waals surface area (Å²) in [5.74, 6) is 0.685. The molecule has 1 aromatic rings. The molecule has 14 heavy (non-hydrogen) atoms. The third-order valence-corrected chi connectivity index (χ3v) is 2.23. The second-order valence-electron chi connectivity index (χ2n) is 3.24. The summed E-state index contributed by atoms with van der Waals surface area (Å²) in [7, 11) is 1.66. The van der Waals surface area contributed by atoms with Gasteiger partial charge in [0.2, 0.25) is 5.88 Å². The van der Waals surface area contributed by atoms with Gasteiger partial charge in [-0.25, -0.2) is 4.98 Å². The number of hydrogen-bond donors (Lipinski definition) is 1. The first kappa shape index (κ1) is 9.43. The monoisotopic (exact) mass is 194 g/mol. The van der Waals surface area contributed by atoms with Crippen molar-refractivity contribution in [2.24, 2.45) is 0 Å². The van der Waals surface area contributed by atoms with Crippen LogP contribution < -0.4 is 10.1 Å². The molecule has 1 N–H and O–H groups in total. The van der Waals surface area contributed by atoms with Gasteiger partial charge in [0, 0.05) is 32.5 Å². The second kappa shape index (κ2) is 4.39. The Balaban J connectivity index is 1.98. The highest BCUT2D eigenvalue weighted by Gasteiger charge is 2.11. The summed E-state index contributed by atoms with van der Waals surface area (Å²) < 4.78 is 10.3. The fourth-order valence-electron chi connectivity index (χ4n) is 1.47. The largest absolute Gasteiger partial charge is 0.475 e. The smallest absolute Gasteiger partial charge is 0.213 e. The van der Waals surface area contributed by atoms with E-state index in [0.29, 0.717) is 19.1 Å². The summed E-state index contributed by atoms with van der Waals surface area (Å²) >= 11 is 0. The molecule has 2 heterocycles. The molecule has 0 unspecified atom stereocenters. The van der Waals surface area contributed by atoms with Crippen LogP contribution in [0.4, 0.5) is 0 Å². The molecule has 1 aliphatic rings. The van der Waals surface area contributed by atoms with Crippen LogP contribution in [0.2, 0.25) is 0 Å². The van der Waals surface area contributed by atoms with E-state index in [-0.39, 0.29) is 0 Å². The Kier molecular flexibility index (Phi) is 2.96. The van der Waals surface area contributed by atoms with Crippen molar-refractivity contribution in [3.8, 4) is 5.88 Å². The van der Waals surface area contributed by atoms with Crippen molar-refractivity contribution < 1.29 is 9.47 Å². The molecule has 4 heteroatoms. The Bertz CT molecular complexity index is 315. The van der Waals surface area contributed by atoms with E-state index in [9.17, 15) is 0 Å². The molecule has 0 aromatic carbocycles. The molecule has 0 radical (unpaired) electrons. The zero-order valence-electron chi connectivity index (χ0n) is 8.25. The number of ether oxygens (including phenoxy) is 2. The zero-order valence-corrected chi connectivity index (χ0v) is 8.25. The van der Waals surface area contributed by atoms with E-state index in [1.807, 2.05) is 12.3 Å². The third-order valence-electron chi connectivity index (χ3n) is 2.23. The van der Waals surface area contributed by atoms with E-state index in [1.54, 1.807) is 7.11 Å². The molecule has 4 nitrogen and oxygen atoms in total. The van der Waals surface area contributed by atoms with Crippen molar-refractivity contribution in [3.05, 3.63) is 23.4 Å². The van der Waals surface area contributed by atoms with E-state index >= 15 is 0 Å². The summed E-state index contributed by atoms with van der Waals surface area (Å²) in [6, 6.07) is 1.99. The Morgan fingerprint density at radius 3 is 3.07 bits per heavy atom. The topological polar surface area (TPSA) is 43.4 Å². The molecule has 1 aliphatic heterocycles. The second-order valence-corrected chi connectivity index (χ2v) is 3.24. The van der Waals surface area contributed by atoms with Crippen LogP contribution in [0.1, 0.15) is 11.1 Å². The molecule has 1 aromatic heterocycles. The predicted molar refractivity (Wildman–Crippen MR) is 52.2 cm³/mol. The number of aromatic nitrogens is 1. The standard InChI is InChI=1S/C10H14N2O2/c1-13-2-3-14-10-4-8-5-11-6-9(8)7-12-10/h4,7,11H,2-3,5-6H2,1H3. The van der Waals surface area contributed by atoms with Gasteiger partial charge in [0.15, 0.2) is 0 Å². The van der Waals surface area contributed by atoms with Gasteiger partial charge in [0.25, 0.3) is 0 Å². The van der Waals surface area contributed by atoms with E-state index in [1.165, 1.54) is 11.1 Å². The minimum atomic E-state index is 0.551. The van der Waals surface area contributed by atoms with Crippen LogP contribution in [0.25, 0.3) is 0 Å². The highest BCUT2D eigenvalue weighted by Crippen LogP contribution is 2.18. The number of methoxy groups -OCH3 is 1. The number of nitrogens with one attached hydrogen (secondary N) is 1. The average molecular weight is 194 g/mol. The van der Waals surface area contributed by atoms with Gasteiger partial charge in [-0.1, -0.05) is 0 Å². The minimum absolute atomic E-state index is 0.551. The van der Waals surface area contributed by atoms with Crippen LogP contribution in [0.3, 0.4) is 0 Å². The number of hydrogen-bond acceptors (Lipinski definition) is 4. The Morgan fingerprint density at radius 1 is 1.36 bits per heavy atom. The summed E-state index contributed by atoms with van der Waals surface area (Å²) in [5, 5.41) is 3.26. The zero-order chi connectivity index (χ0) is 9.80. The van der Waals surface area contributed by atoms with Gasteiger partial charge < -0.3 is 14.8 Å². The molecular formula is C10H14N2O2. The molecule has 0 spiro atoms. The third kappa shape index (κ3) is 2.02. The number of fused-ring (bicyclic) bond motifs is 1. The molecular weight excluding hydrogens is 180 g/mol. The molecule has 0 bridgehead atoms. The van der Waals surface area contributed by atoms with Gasteiger partial charge >= 0.3 is 0 Å². The van der Waals surface area contributed by atoms with Gasteiger partial charge in [-0.05, 0) is 11.1 Å². The maximum absolute atomic E-state index is 5.41. The lowest BCUT2D eigenvalue weighted by molar-refractivity contribution is 0.143. The number of pyridine rings is 1. The van der Waals surface area contributed by atoms with Crippen molar-refractivity contribution in [2.75, 3.05) is 20.3 Å². The lowest BCUT2D eigenvalue weighted by Crippen LogP contribution is -2.05. The van der Waals surface area contributed by atoms with E-state index < -0.39 is 0 Å². The number of nitrogens with zero attached hydrogens (tertiary/aromatic N) is 1. The Morgan fingerprint density at radius 2 is 2.21 bits per heavy atom. The average Bonchev–Trinajstić information content (AvgIpc) is 2.65.